The van der Waals surface area contributed by atoms with Gasteiger partial charge in [0.25, 0.3) is 0 Å². The molecule has 0 bridgehead atoms. The van der Waals surface area contributed by atoms with Gasteiger partial charge in [-0.05, 0) is 19.3 Å². The van der Waals surface area contributed by atoms with E-state index in [1.807, 2.05) is 0 Å². The van der Waals surface area contributed by atoms with Gasteiger partial charge in [-0.3, -0.25) is 9.59 Å². The van der Waals surface area contributed by atoms with Crippen LogP contribution in [0.2, 0.25) is 0 Å². The standard InChI is InChI=1S/C12H21NO5S2/c14-11(13-6-3-1-2-4-12(15)16)8-19-10-5-7-20(17,18)9-10/h10H,1-9H2,(H,13,14)(H,15,16). The van der Waals surface area contributed by atoms with E-state index in [1.165, 1.54) is 11.8 Å². The summed E-state index contributed by atoms with van der Waals surface area (Å²) in [6.07, 6.45) is 2.97. The minimum atomic E-state index is -2.88. The summed E-state index contributed by atoms with van der Waals surface area (Å²) in [4.78, 5) is 21.8. The first-order chi connectivity index (χ1) is 9.39. The molecule has 0 saturated carbocycles. The molecule has 1 rings (SSSR count). The number of carbonyl (C=O) groups excluding carboxylic acids is 1. The van der Waals surface area contributed by atoms with Crippen molar-refractivity contribution in [2.24, 2.45) is 0 Å². The van der Waals surface area contributed by atoms with E-state index in [-0.39, 0.29) is 34.8 Å². The molecular weight excluding hydrogens is 302 g/mol. The smallest absolute Gasteiger partial charge is 0.303 e. The zero-order chi connectivity index (χ0) is 15.0. The Labute approximate surface area is 123 Å². The number of aliphatic carboxylic acids is 1. The van der Waals surface area contributed by atoms with Gasteiger partial charge in [-0.15, -0.1) is 11.8 Å². The first kappa shape index (κ1) is 17.3. The van der Waals surface area contributed by atoms with Crippen LogP contribution < -0.4 is 5.32 Å². The van der Waals surface area contributed by atoms with Crippen LogP contribution in [0.1, 0.15) is 32.1 Å². The van der Waals surface area contributed by atoms with E-state index in [0.717, 1.165) is 12.8 Å². The van der Waals surface area contributed by atoms with E-state index < -0.39 is 15.8 Å². The summed E-state index contributed by atoms with van der Waals surface area (Å²) < 4.78 is 22.5. The van der Waals surface area contributed by atoms with Gasteiger partial charge in [-0.25, -0.2) is 8.42 Å². The van der Waals surface area contributed by atoms with E-state index in [2.05, 4.69) is 5.32 Å². The molecule has 0 aromatic carbocycles. The summed E-state index contributed by atoms with van der Waals surface area (Å²) in [5, 5.41) is 11.3. The van der Waals surface area contributed by atoms with Crippen LogP contribution in [0.5, 0.6) is 0 Å². The van der Waals surface area contributed by atoms with Crippen molar-refractivity contribution in [3.63, 3.8) is 0 Å². The van der Waals surface area contributed by atoms with Crippen LogP contribution in [0.25, 0.3) is 0 Å². The molecule has 1 saturated heterocycles. The largest absolute Gasteiger partial charge is 0.481 e. The monoisotopic (exact) mass is 323 g/mol. The van der Waals surface area contributed by atoms with Crippen molar-refractivity contribution in [2.75, 3.05) is 23.8 Å². The second kappa shape index (κ2) is 8.51. The quantitative estimate of drug-likeness (QED) is 0.605. The van der Waals surface area contributed by atoms with Crippen LogP contribution in [0.4, 0.5) is 0 Å². The van der Waals surface area contributed by atoms with Gasteiger partial charge in [0.05, 0.1) is 17.3 Å². The van der Waals surface area contributed by atoms with E-state index >= 15 is 0 Å². The SMILES string of the molecule is O=C(O)CCCCCNC(=O)CSC1CCS(=O)(=O)C1. The van der Waals surface area contributed by atoms with Gasteiger partial charge in [0.2, 0.25) is 5.91 Å². The summed E-state index contributed by atoms with van der Waals surface area (Å²) in [6.45, 7) is 0.544. The van der Waals surface area contributed by atoms with Crippen LogP contribution >= 0.6 is 11.8 Å². The minimum Gasteiger partial charge on any atom is -0.481 e. The lowest BCUT2D eigenvalue weighted by Gasteiger charge is -2.08. The highest BCUT2D eigenvalue weighted by atomic mass is 32.2. The van der Waals surface area contributed by atoms with Gasteiger partial charge in [0.1, 0.15) is 0 Å². The number of hydrogen-bond acceptors (Lipinski definition) is 5. The third-order valence-electron chi connectivity index (χ3n) is 3.03. The van der Waals surface area contributed by atoms with Crippen molar-refractivity contribution in [3.05, 3.63) is 0 Å². The van der Waals surface area contributed by atoms with Crippen molar-refractivity contribution in [3.8, 4) is 0 Å². The fourth-order valence-electron chi connectivity index (χ4n) is 1.94. The average Bonchev–Trinajstić information content (AvgIpc) is 2.70. The van der Waals surface area contributed by atoms with Crippen molar-refractivity contribution in [1.29, 1.82) is 0 Å². The Morgan fingerprint density at radius 2 is 2.00 bits per heavy atom. The predicted molar refractivity (Wildman–Crippen MR) is 78.6 cm³/mol. The van der Waals surface area contributed by atoms with E-state index in [9.17, 15) is 18.0 Å². The second-order valence-corrected chi connectivity index (χ2v) is 8.41. The number of thioether (sulfide) groups is 1. The lowest BCUT2D eigenvalue weighted by atomic mass is 10.2. The summed E-state index contributed by atoms with van der Waals surface area (Å²) in [5.74, 6) is -0.180. The molecule has 20 heavy (non-hydrogen) atoms. The number of carbonyl (C=O) groups is 2. The number of unbranched alkanes of at least 4 members (excludes halogenated alkanes) is 2. The number of sulfone groups is 1. The van der Waals surface area contributed by atoms with Gasteiger partial charge < -0.3 is 10.4 Å². The van der Waals surface area contributed by atoms with Crippen molar-refractivity contribution in [2.45, 2.75) is 37.4 Å². The first-order valence-corrected chi connectivity index (χ1v) is 9.56. The molecule has 0 radical (unpaired) electrons. The zero-order valence-electron chi connectivity index (χ0n) is 11.3. The molecule has 1 aliphatic rings. The third-order valence-corrected chi connectivity index (χ3v) is 6.31. The predicted octanol–water partition coefficient (Wildman–Crippen LogP) is 0.668. The maximum Gasteiger partial charge on any atom is 0.303 e. The fourth-order valence-corrected chi connectivity index (χ4v) is 5.42. The number of carboxylic acid groups (broad SMARTS) is 1. The zero-order valence-corrected chi connectivity index (χ0v) is 13.0. The van der Waals surface area contributed by atoms with Crippen LogP contribution in [0.15, 0.2) is 0 Å². The maximum absolute atomic E-state index is 11.5. The Hall–Kier alpha value is -0.760. The lowest BCUT2D eigenvalue weighted by molar-refractivity contribution is -0.137. The highest BCUT2D eigenvalue weighted by molar-refractivity contribution is 8.02. The van der Waals surface area contributed by atoms with Crippen LogP contribution in [-0.2, 0) is 19.4 Å². The average molecular weight is 323 g/mol. The summed E-state index contributed by atoms with van der Waals surface area (Å²) in [7, 11) is -2.88. The van der Waals surface area contributed by atoms with Crippen LogP contribution in [0.3, 0.4) is 0 Å². The summed E-state index contributed by atoms with van der Waals surface area (Å²) >= 11 is 1.40. The second-order valence-electron chi connectivity index (χ2n) is 4.89. The Bertz CT molecular complexity index is 435. The molecule has 0 aromatic rings. The van der Waals surface area contributed by atoms with Gasteiger partial charge in [0.15, 0.2) is 9.84 Å². The molecule has 1 atom stereocenters. The Kier molecular flexibility index (Phi) is 7.36. The topological polar surface area (TPSA) is 101 Å². The van der Waals surface area contributed by atoms with Gasteiger partial charge >= 0.3 is 5.97 Å². The van der Waals surface area contributed by atoms with E-state index in [1.54, 1.807) is 0 Å². The summed E-state index contributed by atoms with van der Waals surface area (Å²) in [6, 6.07) is 0. The normalized spacial score (nSPS) is 20.7. The molecule has 8 heteroatoms. The van der Waals surface area contributed by atoms with Crippen molar-refractivity contribution >= 4 is 33.5 Å². The van der Waals surface area contributed by atoms with E-state index in [4.69, 9.17) is 5.11 Å². The number of hydrogen-bond donors (Lipinski definition) is 2. The Balaban J connectivity index is 2.00. The Morgan fingerprint density at radius 1 is 1.25 bits per heavy atom. The molecule has 116 valence electrons. The number of carboxylic acids is 1. The lowest BCUT2D eigenvalue weighted by Crippen LogP contribution is -2.27. The number of amides is 1. The molecule has 1 heterocycles. The highest BCUT2D eigenvalue weighted by Crippen LogP contribution is 2.23. The maximum atomic E-state index is 11.5. The molecule has 1 aliphatic heterocycles. The summed E-state index contributed by atoms with van der Waals surface area (Å²) in [5.41, 5.74) is 0. The minimum absolute atomic E-state index is 0.0429. The third kappa shape index (κ3) is 7.74. The van der Waals surface area contributed by atoms with Crippen molar-refractivity contribution in [1.82, 2.24) is 5.32 Å². The van der Waals surface area contributed by atoms with Gasteiger partial charge in [-0.1, -0.05) is 6.42 Å². The highest BCUT2D eigenvalue weighted by Gasteiger charge is 2.28. The fraction of sp³-hybridized carbons (Fsp3) is 0.833. The molecule has 0 spiro atoms. The molecule has 6 nitrogen and oxygen atoms in total. The molecule has 1 amide bonds. The van der Waals surface area contributed by atoms with Crippen LogP contribution in [0, 0.1) is 0 Å². The van der Waals surface area contributed by atoms with E-state index in [0.29, 0.717) is 19.4 Å². The molecule has 2 N–H and O–H groups in total. The molecular formula is C12H21NO5S2. The van der Waals surface area contributed by atoms with Gasteiger partial charge in [-0.2, -0.15) is 0 Å². The molecule has 1 fully saturated rings. The van der Waals surface area contributed by atoms with Gasteiger partial charge in [0, 0.05) is 18.2 Å². The number of nitrogens with one attached hydrogen (secondary N) is 1. The van der Waals surface area contributed by atoms with Crippen molar-refractivity contribution < 1.29 is 23.1 Å². The molecule has 0 aliphatic carbocycles. The number of rotatable bonds is 9. The Morgan fingerprint density at radius 3 is 2.60 bits per heavy atom. The molecule has 1 unspecified atom stereocenters. The first-order valence-electron chi connectivity index (χ1n) is 6.69. The van der Waals surface area contributed by atoms with Crippen LogP contribution in [-0.4, -0.2) is 54.5 Å². The molecule has 0 aromatic heterocycles.